The number of halogens is 3. The molecule has 3 N–H and O–H groups in total. The molecule has 0 bridgehead atoms. The lowest BCUT2D eigenvalue weighted by Gasteiger charge is -2.26. The zero-order chi connectivity index (χ0) is 32.9. The second-order valence-corrected chi connectivity index (χ2v) is 13.9. The van der Waals surface area contributed by atoms with Gasteiger partial charge in [0.2, 0.25) is 0 Å². The van der Waals surface area contributed by atoms with E-state index < -0.39 is 29.9 Å². The minimum Gasteiger partial charge on any atom is -0.444 e. The number of amides is 2. The van der Waals surface area contributed by atoms with E-state index in [0.717, 1.165) is 17.8 Å². The Balaban J connectivity index is 0.000000297. The van der Waals surface area contributed by atoms with Crippen molar-refractivity contribution in [1.29, 1.82) is 0 Å². The van der Waals surface area contributed by atoms with Gasteiger partial charge in [-0.15, -0.1) is 11.3 Å². The first kappa shape index (κ1) is 35.1. The molecule has 10 nitrogen and oxygen atoms in total. The zero-order valence-corrected chi connectivity index (χ0v) is 27.2. The number of carbonyl (C=O) groups excluding carboxylic acids is 2. The van der Waals surface area contributed by atoms with Gasteiger partial charge in [0.1, 0.15) is 28.2 Å². The third-order valence-corrected chi connectivity index (χ3v) is 7.53. The number of hydrogen-bond acceptors (Lipinski definition) is 9. The predicted octanol–water partition coefficient (Wildman–Crippen LogP) is 5.88. The molecule has 0 radical (unpaired) electrons. The topological polar surface area (TPSA) is 118 Å². The highest BCUT2D eigenvalue weighted by Gasteiger charge is 2.31. The van der Waals surface area contributed by atoms with E-state index in [0.29, 0.717) is 28.5 Å². The number of rotatable bonds is 6. The van der Waals surface area contributed by atoms with Crippen LogP contribution in [0.3, 0.4) is 0 Å². The van der Waals surface area contributed by atoms with Gasteiger partial charge in [-0.3, -0.25) is 0 Å². The monoisotopic (exact) mass is 640 g/mol. The van der Waals surface area contributed by atoms with Gasteiger partial charge in [-0.1, -0.05) is 24.3 Å². The van der Waals surface area contributed by atoms with Crippen molar-refractivity contribution in [2.24, 2.45) is 0 Å². The number of ether oxygens (including phenoxy) is 2. The van der Waals surface area contributed by atoms with Crippen LogP contribution in [-0.4, -0.2) is 77.8 Å². The molecular weight excluding hydrogens is 597 g/mol. The standard InChI is InChI=1S/C19H23F3N4O2S.C11H20N2O2/c1-18(2,3)28-17(27)25-11-5-6-12(7-11)26(4)15-14-8-13(9-19(20,21)22)29-16(14)24-10-23-15;1-11(2,3)15-10(14)13-9-6-5-8(7-9)12-4/h5-6,8,10-12H,7,9H2,1-4H3,(H,25,27);5-6,8-9,12H,7H2,1-4H3,(H,13,14)/t11-,12+;8-,9+/m01/s1. The molecule has 14 heteroatoms. The number of carbonyl (C=O) groups is 2. The fourth-order valence-corrected chi connectivity index (χ4v) is 5.65. The lowest BCUT2D eigenvalue weighted by Crippen LogP contribution is -2.39. The van der Waals surface area contributed by atoms with Crippen LogP contribution in [0.15, 0.2) is 36.7 Å². The van der Waals surface area contributed by atoms with Gasteiger partial charge in [-0.05, 0) is 67.5 Å². The van der Waals surface area contributed by atoms with E-state index in [2.05, 4.69) is 32.0 Å². The predicted molar refractivity (Wildman–Crippen MR) is 166 cm³/mol. The summed E-state index contributed by atoms with van der Waals surface area (Å²) in [5.74, 6) is 0.562. The molecule has 244 valence electrons. The van der Waals surface area contributed by atoms with Gasteiger partial charge in [0, 0.05) is 18.0 Å². The number of aromatic nitrogens is 2. The number of likely N-dealkylation sites (N-methyl/N-ethyl adjacent to an activating group) is 2. The Morgan fingerprint density at radius 1 is 0.909 bits per heavy atom. The van der Waals surface area contributed by atoms with Crippen molar-refractivity contribution < 1.29 is 32.2 Å². The third-order valence-electron chi connectivity index (χ3n) is 6.49. The second kappa shape index (κ2) is 14.1. The average Bonchev–Trinajstić information content (AvgIpc) is 3.59. The van der Waals surface area contributed by atoms with Gasteiger partial charge in [0.25, 0.3) is 0 Å². The molecule has 0 aromatic carbocycles. The summed E-state index contributed by atoms with van der Waals surface area (Å²) in [5, 5.41) is 9.35. The summed E-state index contributed by atoms with van der Waals surface area (Å²) < 4.78 is 48.6. The summed E-state index contributed by atoms with van der Waals surface area (Å²) in [6, 6.07) is 1.67. The molecule has 2 amide bonds. The molecule has 0 unspecified atom stereocenters. The van der Waals surface area contributed by atoms with Gasteiger partial charge < -0.3 is 30.3 Å². The Bertz CT molecular complexity index is 1350. The van der Waals surface area contributed by atoms with Crippen LogP contribution in [0.5, 0.6) is 0 Å². The summed E-state index contributed by atoms with van der Waals surface area (Å²) >= 11 is 1.02. The van der Waals surface area contributed by atoms with Gasteiger partial charge in [-0.25, -0.2) is 19.6 Å². The Morgan fingerprint density at radius 3 is 1.98 bits per heavy atom. The van der Waals surface area contributed by atoms with E-state index >= 15 is 0 Å². The van der Waals surface area contributed by atoms with Crippen LogP contribution in [0.4, 0.5) is 28.6 Å². The van der Waals surface area contributed by atoms with Crippen LogP contribution in [0.1, 0.15) is 59.3 Å². The van der Waals surface area contributed by atoms with E-state index in [4.69, 9.17) is 9.47 Å². The maximum Gasteiger partial charge on any atom is 0.408 e. The Labute approximate surface area is 260 Å². The van der Waals surface area contributed by atoms with Crippen molar-refractivity contribution in [1.82, 2.24) is 25.9 Å². The van der Waals surface area contributed by atoms with Crippen LogP contribution < -0.4 is 20.9 Å². The molecular formula is C30H43F3N6O4S. The van der Waals surface area contributed by atoms with E-state index in [1.807, 2.05) is 58.0 Å². The third kappa shape index (κ3) is 11.3. The number of anilines is 1. The first-order valence-corrected chi connectivity index (χ1v) is 15.2. The minimum atomic E-state index is -4.27. The van der Waals surface area contributed by atoms with Crippen molar-refractivity contribution in [3.63, 3.8) is 0 Å². The minimum absolute atomic E-state index is 0.0704. The molecule has 2 aromatic rings. The van der Waals surface area contributed by atoms with E-state index in [1.54, 1.807) is 20.8 Å². The largest absolute Gasteiger partial charge is 0.444 e. The summed E-state index contributed by atoms with van der Waals surface area (Å²) in [4.78, 5) is 34.4. The second-order valence-electron chi connectivity index (χ2n) is 12.7. The highest BCUT2D eigenvalue weighted by Crippen LogP contribution is 2.34. The molecule has 4 atom stereocenters. The number of nitrogens with zero attached hydrogens (tertiary/aromatic N) is 3. The summed E-state index contributed by atoms with van der Waals surface area (Å²) in [6.07, 6.45) is 4.62. The molecule has 0 saturated heterocycles. The molecule has 0 fully saturated rings. The maximum atomic E-state index is 12.7. The molecule has 0 saturated carbocycles. The number of hydrogen-bond donors (Lipinski definition) is 3. The molecule has 2 aliphatic carbocycles. The number of alkyl halides is 3. The number of alkyl carbamates (subject to hydrolysis) is 2. The van der Waals surface area contributed by atoms with Crippen LogP contribution in [0.2, 0.25) is 0 Å². The van der Waals surface area contributed by atoms with Gasteiger partial charge in [-0.2, -0.15) is 13.2 Å². The lowest BCUT2D eigenvalue weighted by atomic mass is 10.2. The Morgan fingerprint density at radius 2 is 1.45 bits per heavy atom. The SMILES string of the molecule is CN(c1ncnc2sc(CC(F)(F)F)cc12)[C@@H]1C=C[C@H](NC(=O)OC(C)(C)C)C1.CN[C@@H]1C=C[C@H](NC(=O)OC(C)(C)C)C1. The Kier molecular flexibility index (Phi) is 11.3. The van der Waals surface area contributed by atoms with Crippen molar-refractivity contribution in [3.8, 4) is 0 Å². The highest BCUT2D eigenvalue weighted by molar-refractivity contribution is 7.18. The van der Waals surface area contributed by atoms with Crippen molar-refractivity contribution >= 4 is 39.6 Å². The van der Waals surface area contributed by atoms with Crippen molar-refractivity contribution in [3.05, 3.63) is 41.6 Å². The van der Waals surface area contributed by atoms with Crippen molar-refractivity contribution in [2.45, 2.75) is 102 Å². The quantitative estimate of drug-likeness (QED) is 0.335. The van der Waals surface area contributed by atoms with Crippen molar-refractivity contribution in [2.75, 3.05) is 19.0 Å². The van der Waals surface area contributed by atoms with E-state index in [-0.39, 0.29) is 29.1 Å². The van der Waals surface area contributed by atoms with E-state index in [1.165, 1.54) is 12.4 Å². The Hall–Kier alpha value is -3.39. The molecule has 4 rings (SSSR count). The first-order chi connectivity index (χ1) is 20.3. The fraction of sp³-hybridized carbons (Fsp3) is 0.600. The molecule has 44 heavy (non-hydrogen) atoms. The average molecular weight is 641 g/mol. The molecule has 2 aliphatic rings. The highest BCUT2D eigenvalue weighted by atomic mass is 32.1. The molecule has 0 spiro atoms. The fourth-order valence-electron chi connectivity index (χ4n) is 4.63. The van der Waals surface area contributed by atoms with Crippen LogP contribution >= 0.6 is 11.3 Å². The summed E-state index contributed by atoms with van der Waals surface area (Å²) in [7, 11) is 3.73. The smallest absolute Gasteiger partial charge is 0.408 e. The van der Waals surface area contributed by atoms with Crippen LogP contribution in [-0.2, 0) is 15.9 Å². The number of nitrogens with one attached hydrogen (secondary N) is 3. The maximum absolute atomic E-state index is 12.7. The molecule has 2 aromatic heterocycles. The summed E-state index contributed by atoms with van der Waals surface area (Å²) in [5.41, 5.74) is -1.02. The zero-order valence-electron chi connectivity index (χ0n) is 26.4. The first-order valence-electron chi connectivity index (χ1n) is 14.4. The van der Waals surface area contributed by atoms with Gasteiger partial charge in [0.15, 0.2) is 0 Å². The van der Waals surface area contributed by atoms with Crippen LogP contribution in [0, 0.1) is 0 Å². The normalized spacial score (nSPS) is 21.5. The van der Waals surface area contributed by atoms with Gasteiger partial charge >= 0.3 is 18.4 Å². The lowest BCUT2D eigenvalue weighted by molar-refractivity contribution is -0.126. The number of fused-ring (bicyclic) bond motifs is 1. The molecule has 2 heterocycles. The summed E-state index contributed by atoms with van der Waals surface area (Å²) in [6.45, 7) is 10.9. The van der Waals surface area contributed by atoms with Gasteiger partial charge in [0.05, 0.1) is 29.9 Å². The van der Waals surface area contributed by atoms with Crippen LogP contribution in [0.25, 0.3) is 10.2 Å². The molecule has 0 aliphatic heterocycles. The van der Waals surface area contributed by atoms with E-state index in [9.17, 15) is 22.8 Å². The number of thiophene rings is 1.